The number of fused-ring (bicyclic) bond motifs is 1. The van der Waals surface area contributed by atoms with Crippen molar-refractivity contribution in [1.29, 1.82) is 0 Å². The summed E-state index contributed by atoms with van der Waals surface area (Å²) >= 11 is 1.46. The number of benzene rings is 1. The first-order chi connectivity index (χ1) is 11.1. The van der Waals surface area contributed by atoms with Gasteiger partial charge in [0.1, 0.15) is 0 Å². The topological polar surface area (TPSA) is 75.6 Å². The molecule has 1 aromatic heterocycles. The molecule has 5 nitrogen and oxygen atoms in total. The van der Waals surface area contributed by atoms with Gasteiger partial charge in [-0.15, -0.1) is 11.3 Å². The first-order valence-electron chi connectivity index (χ1n) is 7.40. The highest BCUT2D eigenvalue weighted by Crippen LogP contribution is 2.27. The van der Waals surface area contributed by atoms with Gasteiger partial charge >= 0.3 is 5.97 Å². The molecule has 0 saturated heterocycles. The van der Waals surface area contributed by atoms with Gasteiger partial charge in [0.15, 0.2) is 0 Å². The average molecular weight is 331 g/mol. The van der Waals surface area contributed by atoms with Crippen molar-refractivity contribution in [3.8, 4) is 0 Å². The van der Waals surface area contributed by atoms with E-state index in [4.69, 9.17) is 4.74 Å². The lowest BCUT2D eigenvalue weighted by atomic mass is 9.99. The highest BCUT2D eigenvalue weighted by molar-refractivity contribution is 7.14. The number of aliphatic carboxylic acids is 1. The summed E-state index contributed by atoms with van der Waals surface area (Å²) in [6, 6.07) is 10.8. The summed E-state index contributed by atoms with van der Waals surface area (Å²) in [4.78, 5) is 25.5. The molecule has 1 aromatic carbocycles. The number of carboxylic acids is 1. The van der Waals surface area contributed by atoms with Crippen LogP contribution in [-0.4, -0.2) is 30.1 Å². The highest BCUT2D eigenvalue weighted by Gasteiger charge is 2.22. The number of nitrogens with one attached hydrogen (secondary N) is 1. The van der Waals surface area contributed by atoms with Crippen LogP contribution in [0.1, 0.15) is 31.6 Å². The van der Waals surface area contributed by atoms with Gasteiger partial charge in [-0.2, -0.15) is 0 Å². The normalized spacial score (nSPS) is 14.8. The van der Waals surface area contributed by atoms with Gasteiger partial charge in [-0.1, -0.05) is 30.3 Å². The Labute approximate surface area is 137 Å². The molecule has 1 amide bonds. The molecule has 3 rings (SSSR count). The van der Waals surface area contributed by atoms with Crippen LogP contribution in [0, 0.1) is 0 Å². The lowest BCUT2D eigenvalue weighted by molar-refractivity contribution is -0.138. The van der Waals surface area contributed by atoms with Crippen LogP contribution in [0.3, 0.4) is 0 Å². The summed E-state index contributed by atoms with van der Waals surface area (Å²) in [5.41, 5.74) is 1.74. The number of thiophene rings is 1. The van der Waals surface area contributed by atoms with Crippen LogP contribution in [-0.2, 0) is 22.6 Å². The SMILES string of the molecule is O=C(NCC(C(=O)O)c1ccccc1)c1cc2c(s1)CCOC2. The molecule has 6 heteroatoms. The number of amides is 1. The average Bonchev–Trinajstić information content (AvgIpc) is 2.99. The number of carboxylic acid groups (broad SMARTS) is 1. The minimum absolute atomic E-state index is 0.0667. The largest absolute Gasteiger partial charge is 0.481 e. The van der Waals surface area contributed by atoms with Crippen molar-refractivity contribution in [2.75, 3.05) is 13.2 Å². The predicted molar refractivity (Wildman–Crippen MR) is 86.8 cm³/mol. The molecule has 0 saturated carbocycles. The van der Waals surface area contributed by atoms with Crippen molar-refractivity contribution >= 4 is 23.2 Å². The zero-order chi connectivity index (χ0) is 16.2. The number of rotatable bonds is 5. The maximum absolute atomic E-state index is 12.3. The van der Waals surface area contributed by atoms with E-state index >= 15 is 0 Å². The van der Waals surface area contributed by atoms with E-state index in [1.54, 1.807) is 24.3 Å². The Hall–Kier alpha value is -2.18. The van der Waals surface area contributed by atoms with Crippen molar-refractivity contribution in [3.05, 3.63) is 57.3 Å². The van der Waals surface area contributed by atoms with Gasteiger partial charge in [0, 0.05) is 17.8 Å². The van der Waals surface area contributed by atoms with Crippen molar-refractivity contribution in [2.24, 2.45) is 0 Å². The summed E-state index contributed by atoms with van der Waals surface area (Å²) in [5.74, 6) is -1.93. The maximum Gasteiger partial charge on any atom is 0.312 e. The van der Waals surface area contributed by atoms with Gasteiger partial charge in [0.2, 0.25) is 0 Å². The molecule has 1 aliphatic heterocycles. The molecule has 0 aliphatic carbocycles. The lowest BCUT2D eigenvalue weighted by Crippen LogP contribution is -2.31. The van der Waals surface area contributed by atoms with Crippen molar-refractivity contribution < 1.29 is 19.4 Å². The number of carbonyl (C=O) groups excluding carboxylic acids is 1. The molecule has 1 aliphatic rings. The number of ether oxygens (including phenoxy) is 1. The minimum atomic E-state index is -0.949. The van der Waals surface area contributed by atoms with Crippen LogP contribution in [0.5, 0.6) is 0 Å². The highest BCUT2D eigenvalue weighted by atomic mass is 32.1. The van der Waals surface area contributed by atoms with Crippen LogP contribution >= 0.6 is 11.3 Å². The fraction of sp³-hybridized carbons (Fsp3) is 0.294. The summed E-state index contributed by atoms with van der Waals surface area (Å²) in [5, 5.41) is 12.1. The molecule has 1 unspecified atom stereocenters. The summed E-state index contributed by atoms with van der Waals surface area (Å²) < 4.78 is 5.37. The van der Waals surface area contributed by atoms with E-state index < -0.39 is 11.9 Å². The second-order valence-corrected chi connectivity index (χ2v) is 6.51. The van der Waals surface area contributed by atoms with E-state index in [-0.39, 0.29) is 12.5 Å². The Balaban J connectivity index is 1.67. The van der Waals surface area contributed by atoms with E-state index in [0.29, 0.717) is 23.7 Å². The Kier molecular flexibility index (Phi) is 4.73. The fourth-order valence-corrected chi connectivity index (χ4v) is 3.64. The zero-order valence-corrected chi connectivity index (χ0v) is 13.3. The van der Waals surface area contributed by atoms with Crippen LogP contribution in [0.25, 0.3) is 0 Å². The van der Waals surface area contributed by atoms with Crippen LogP contribution in [0.4, 0.5) is 0 Å². The van der Waals surface area contributed by atoms with Gasteiger partial charge in [0.05, 0.1) is 24.0 Å². The quantitative estimate of drug-likeness (QED) is 0.882. The molecule has 0 radical (unpaired) electrons. The first-order valence-corrected chi connectivity index (χ1v) is 8.22. The standard InChI is InChI=1S/C17H17NO4S/c19-16(15-8-12-10-22-7-6-14(12)23-15)18-9-13(17(20)21)11-4-2-1-3-5-11/h1-5,8,13H,6-7,9-10H2,(H,18,19)(H,20,21). The summed E-state index contributed by atoms with van der Waals surface area (Å²) in [6.07, 6.45) is 0.828. The molecule has 2 heterocycles. The monoisotopic (exact) mass is 331 g/mol. The van der Waals surface area contributed by atoms with Crippen LogP contribution in [0.15, 0.2) is 36.4 Å². The van der Waals surface area contributed by atoms with Gasteiger partial charge in [-0.25, -0.2) is 0 Å². The second-order valence-electron chi connectivity index (χ2n) is 5.37. The third-order valence-electron chi connectivity index (χ3n) is 3.82. The van der Waals surface area contributed by atoms with Gasteiger partial charge in [-0.3, -0.25) is 9.59 Å². The molecular formula is C17H17NO4S. The molecule has 23 heavy (non-hydrogen) atoms. The van der Waals surface area contributed by atoms with E-state index in [9.17, 15) is 14.7 Å². The van der Waals surface area contributed by atoms with E-state index in [1.807, 2.05) is 12.1 Å². The van der Waals surface area contributed by atoms with Crippen LogP contribution < -0.4 is 5.32 Å². The minimum Gasteiger partial charge on any atom is -0.481 e. The number of hydrogen-bond donors (Lipinski definition) is 2. The molecule has 0 fully saturated rings. The predicted octanol–water partition coefficient (Wildman–Crippen LogP) is 2.42. The molecule has 2 N–H and O–H groups in total. The van der Waals surface area contributed by atoms with Crippen molar-refractivity contribution in [3.63, 3.8) is 0 Å². The Bertz CT molecular complexity index is 687. The maximum atomic E-state index is 12.3. The lowest BCUT2D eigenvalue weighted by Gasteiger charge is -2.13. The second kappa shape index (κ2) is 6.93. The Morgan fingerprint density at radius 2 is 2.09 bits per heavy atom. The van der Waals surface area contributed by atoms with Gasteiger partial charge in [0.25, 0.3) is 5.91 Å². The van der Waals surface area contributed by atoms with Gasteiger partial charge in [-0.05, 0) is 17.2 Å². The Morgan fingerprint density at radius 3 is 2.78 bits per heavy atom. The summed E-state index contributed by atoms with van der Waals surface area (Å²) in [7, 11) is 0. The summed E-state index contributed by atoms with van der Waals surface area (Å²) in [6.45, 7) is 1.29. The number of hydrogen-bond acceptors (Lipinski definition) is 4. The third kappa shape index (κ3) is 3.60. The number of carbonyl (C=O) groups is 2. The molecule has 120 valence electrons. The fourth-order valence-electron chi connectivity index (χ4n) is 2.57. The van der Waals surface area contributed by atoms with Crippen LogP contribution in [0.2, 0.25) is 0 Å². The van der Waals surface area contributed by atoms with Crippen molar-refractivity contribution in [1.82, 2.24) is 5.32 Å². The van der Waals surface area contributed by atoms with Gasteiger partial charge < -0.3 is 15.2 Å². The Morgan fingerprint density at radius 1 is 1.30 bits per heavy atom. The molecule has 0 bridgehead atoms. The molecular weight excluding hydrogens is 314 g/mol. The third-order valence-corrected chi connectivity index (χ3v) is 5.05. The molecule has 0 spiro atoms. The first kappa shape index (κ1) is 15.7. The molecule has 1 atom stereocenters. The zero-order valence-electron chi connectivity index (χ0n) is 12.5. The van der Waals surface area contributed by atoms with E-state index in [0.717, 1.165) is 12.0 Å². The van der Waals surface area contributed by atoms with E-state index in [1.165, 1.54) is 16.2 Å². The van der Waals surface area contributed by atoms with E-state index in [2.05, 4.69) is 5.32 Å². The molecule has 2 aromatic rings. The van der Waals surface area contributed by atoms with Crippen molar-refractivity contribution in [2.45, 2.75) is 18.9 Å². The smallest absolute Gasteiger partial charge is 0.312 e.